The Kier molecular flexibility index (Phi) is 3.03. The van der Waals surface area contributed by atoms with Crippen LogP contribution in [0.25, 0.3) is 16.9 Å². The van der Waals surface area contributed by atoms with E-state index in [-0.39, 0.29) is 22.1 Å². The van der Waals surface area contributed by atoms with Crippen molar-refractivity contribution in [3.05, 3.63) is 52.1 Å². The fourth-order valence-electron chi connectivity index (χ4n) is 1.97. The number of fused-ring (bicyclic) bond motifs is 1. The Balaban J connectivity index is 2.35. The van der Waals surface area contributed by atoms with Crippen molar-refractivity contribution in [3.8, 4) is 11.3 Å². The summed E-state index contributed by atoms with van der Waals surface area (Å²) in [7, 11) is 0. The van der Waals surface area contributed by atoms with Gasteiger partial charge in [-0.05, 0) is 24.3 Å². The van der Waals surface area contributed by atoms with E-state index >= 15 is 0 Å². The molecule has 2 N–H and O–H groups in total. The number of nitrogens with two attached hydrogens (primary N) is 1. The van der Waals surface area contributed by atoms with Gasteiger partial charge in [0.1, 0.15) is 23.1 Å². The second kappa shape index (κ2) is 4.61. The van der Waals surface area contributed by atoms with Gasteiger partial charge in [0.05, 0.1) is 10.0 Å². The van der Waals surface area contributed by atoms with Crippen molar-refractivity contribution in [1.82, 2.24) is 9.38 Å². The Hall–Kier alpha value is -1.85. The van der Waals surface area contributed by atoms with Gasteiger partial charge in [-0.2, -0.15) is 0 Å². The lowest BCUT2D eigenvalue weighted by Crippen LogP contribution is -1.95. The van der Waals surface area contributed by atoms with E-state index in [9.17, 15) is 8.78 Å². The number of nitrogen functional groups attached to an aromatic ring is 1. The zero-order chi connectivity index (χ0) is 14.4. The van der Waals surface area contributed by atoms with Crippen LogP contribution in [0.4, 0.5) is 14.6 Å². The lowest BCUT2D eigenvalue weighted by Gasteiger charge is -2.02. The van der Waals surface area contributed by atoms with Crippen LogP contribution in [0.15, 0.2) is 30.5 Å². The summed E-state index contributed by atoms with van der Waals surface area (Å²) in [5, 5.41) is 0.630. The van der Waals surface area contributed by atoms with Gasteiger partial charge in [-0.1, -0.05) is 23.2 Å². The molecular formula is C13H7Cl2F2N3. The molecule has 3 aromatic rings. The summed E-state index contributed by atoms with van der Waals surface area (Å²) in [4.78, 5) is 4.17. The second-order valence-electron chi connectivity index (χ2n) is 4.17. The average molecular weight is 314 g/mol. The molecule has 2 aromatic heterocycles. The minimum absolute atomic E-state index is 0.0293. The number of anilines is 1. The predicted molar refractivity (Wildman–Crippen MR) is 75.0 cm³/mol. The molecule has 0 aliphatic heterocycles. The highest BCUT2D eigenvalue weighted by Gasteiger charge is 2.17. The molecule has 0 amide bonds. The summed E-state index contributed by atoms with van der Waals surface area (Å²) >= 11 is 11.9. The molecule has 0 fully saturated rings. The first kappa shape index (κ1) is 13.1. The van der Waals surface area contributed by atoms with Gasteiger partial charge >= 0.3 is 0 Å². The van der Waals surface area contributed by atoms with E-state index in [4.69, 9.17) is 28.9 Å². The van der Waals surface area contributed by atoms with Crippen molar-refractivity contribution in [3.63, 3.8) is 0 Å². The van der Waals surface area contributed by atoms with Crippen molar-refractivity contribution in [1.29, 1.82) is 0 Å². The fraction of sp³-hybridized carbons (Fsp3) is 0. The van der Waals surface area contributed by atoms with Gasteiger partial charge in [0.15, 0.2) is 5.65 Å². The maximum atomic E-state index is 13.8. The molecule has 3 nitrogen and oxygen atoms in total. The standard InChI is InChI=1S/C13H7Cl2F2N3/c14-6-3-9(15)13-19-11(12(18)20(13)5-6)8-4-7(16)1-2-10(8)17/h1-5H,18H2. The van der Waals surface area contributed by atoms with Crippen LogP contribution in [0.2, 0.25) is 10.0 Å². The van der Waals surface area contributed by atoms with Gasteiger partial charge in [-0.25, -0.2) is 13.8 Å². The summed E-state index contributed by atoms with van der Waals surface area (Å²) in [5.74, 6) is -1.07. The molecule has 102 valence electrons. The molecule has 20 heavy (non-hydrogen) atoms. The first-order chi connectivity index (χ1) is 9.47. The van der Waals surface area contributed by atoms with E-state index < -0.39 is 11.6 Å². The molecule has 7 heteroatoms. The van der Waals surface area contributed by atoms with Crippen molar-refractivity contribution >= 4 is 34.7 Å². The minimum atomic E-state index is -0.622. The van der Waals surface area contributed by atoms with Crippen LogP contribution >= 0.6 is 23.2 Å². The Bertz CT molecular complexity index is 830. The van der Waals surface area contributed by atoms with E-state index in [2.05, 4.69) is 4.98 Å². The van der Waals surface area contributed by atoms with Crippen molar-refractivity contribution in [2.75, 3.05) is 5.73 Å². The largest absolute Gasteiger partial charge is 0.383 e. The van der Waals surface area contributed by atoms with E-state index in [1.54, 1.807) is 0 Å². The van der Waals surface area contributed by atoms with Gasteiger partial charge in [0, 0.05) is 11.8 Å². The van der Waals surface area contributed by atoms with Gasteiger partial charge < -0.3 is 5.73 Å². The predicted octanol–water partition coefficient (Wildman–Crippen LogP) is 4.17. The van der Waals surface area contributed by atoms with Gasteiger partial charge in [-0.15, -0.1) is 0 Å². The fourth-order valence-corrected chi connectivity index (χ4v) is 2.48. The Morgan fingerprint density at radius 3 is 2.65 bits per heavy atom. The van der Waals surface area contributed by atoms with Gasteiger partial charge in [0.25, 0.3) is 0 Å². The summed E-state index contributed by atoms with van der Waals surface area (Å²) < 4.78 is 28.5. The van der Waals surface area contributed by atoms with E-state index in [0.29, 0.717) is 10.7 Å². The molecule has 0 radical (unpaired) electrons. The molecule has 3 rings (SSSR count). The third kappa shape index (κ3) is 1.99. The minimum Gasteiger partial charge on any atom is -0.383 e. The molecule has 0 atom stereocenters. The van der Waals surface area contributed by atoms with Crippen LogP contribution in [0.1, 0.15) is 0 Å². The van der Waals surface area contributed by atoms with E-state index in [0.717, 1.165) is 18.2 Å². The molecule has 0 aliphatic rings. The normalized spacial score (nSPS) is 11.2. The van der Waals surface area contributed by atoms with E-state index in [1.165, 1.54) is 16.7 Å². The second-order valence-corrected chi connectivity index (χ2v) is 5.01. The summed E-state index contributed by atoms with van der Waals surface area (Å²) in [6.45, 7) is 0. The molecule has 0 saturated carbocycles. The first-order valence-electron chi connectivity index (χ1n) is 5.55. The number of benzene rings is 1. The number of halogens is 4. The van der Waals surface area contributed by atoms with Gasteiger partial charge in [-0.3, -0.25) is 4.40 Å². The third-order valence-electron chi connectivity index (χ3n) is 2.86. The number of rotatable bonds is 1. The quantitative estimate of drug-likeness (QED) is 0.732. The summed E-state index contributed by atoms with van der Waals surface area (Å²) in [6, 6.07) is 4.57. The molecule has 0 saturated heterocycles. The van der Waals surface area contributed by atoms with Gasteiger partial charge in [0.2, 0.25) is 0 Å². The summed E-state index contributed by atoms with van der Waals surface area (Å²) in [6.07, 6.45) is 1.51. The molecule has 0 bridgehead atoms. The molecule has 2 heterocycles. The van der Waals surface area contributed by atoms with Crippen LogP contribution in [0, 0.1) is 11.6 Å². The van der Waals surface area contributed by atoms with E-state index in [1.807, 2.05) is 0 Å². The molecule has 0 spiro atoms. The molecule has 1 aromatic carbocycles. The lowest BCUT2D eigenvalue weighted by atomic mass is 10.1. The number of nitrogens with zero attached hydrogens (tertiary/aromatic N) is 2. The Morgan fingerprint density at radius 2 is 1.90 bits per heavy atom. The zero-order valence-electron chi connectivity index (χ0n) is 9.87. The topological polar surface area (TPSA) is 43.3 Å². The highest BCUT2D eigenvalue weighted by atomic mass is 35.5. The average Bonchev–Trinajstić information content (AvgIpc) is 2.71. The van der Waals surface area contributed by atoms with Crippen molar-refractivity contribution < 1.29 is 8.78 Å². The van der Waals surface area contributed by atoms with Crippen LogP contribution in [0.3, 0.4) is 0 Å². The lowest BCUT2D eigenvalue weighted by molar-refractivity contribution is 0.603. The first-order valence-corrected chi connectivity index (χ1v) is 6.31. The monoisotopic (exact) mass is 313 g/mol. The number of aromatic nitrogens is 2. The zero-order valence-corrected chi connectivity index (χ0v) is 11.4. The SMILES string of the molecule is Nc1c(-c2cc(F)ccc2F)nc2c(Cl)cc(Cl)cn12. The Labute approximate surface area is 122 Å². The maximum Gasteiger partial charge on any atom is 0.158 e. The van der Waals surface area contributed by atoms with Crippen molar-refractivity contribution in [2.45, 2.75) is 0 Å². The number of hydrogen-bond acceptors (Lipinski definition) is 2. The number of pyridine rings is 1. The molecule has 0 aliphatic carbocycles. The molecule has 0 unspecified atom stereocenters. The third-order valence-corrected chi connectivity index (χ3v) is 3.35. The number of imidazole rings is 1. The van der Waals surface area contributed by atoms with Crippen molar-refractivity contribution in [2.24, 2.45) is 0 Å². The van der Waals surface area contributed by atoms with Crippen LogP contribution in [-0.4, -0.2) is 9.38 Å². The Morgan fingerprint density at radius 1 is 1.15 bits per heavy atom. The maximum absolute atomic E-state index is 13.8. The highest BCUT2D eigenvalue weighted by molar-refractivity contribution is 6.36. The highest BCUT2D eigenvalue weighted by Crippen LogP contribution is 2.32. The smallest absolute Gasteiger partial charge is 0.158 e. The van der Waals surface area contributed by atoms with Crippen LogP contribution in [-0.2, 0) is 0 Å². The van der Waals surface area contributed by atoms with Crippen LogP contribution < -0.4 is 5.73 Å². The van der Waals surface area contributed by atoms with Crippen LogP contribution in [0.5, 0.6) is 0 Å². The number of hydrogen-bond donors (Lipinski definition) is 1. The summed E-state index contributed by atoms with van der Waals surface area (Å²) in [5.41, 5.74) is 6.34. The molecular weight excluding hydrogens is 307 g/mol.